The molecule has 1 aliphatic heterocycles. The highest BCUT2D eigenvalue weighted by molar-refractivity contribution is 7.92. The maximum absolute atomic E-state index is 13.7. The molecule has 1 aliphatic carbocycles. The number of hydrogen-bond donors (Lipinski definition) is 0. The molecule has 2 aliphatic rings. The first-order valence-electron chi connectivity index (χ1n) is 10.2. The van der Waals surface area contributed by atoms with Crippen molar-refractivity contribution in [1.82, 2.24) is 0 Å². The van der Waals surface area contributed by atoms with E-state index in [2.05, 4.69) is 18.2 Å². The zero-order chi connectivity index (χ0) is 20.7. The zero-order valence-corrected chi connectivity index (χ0v) is 17.7. The largest absolute Gasteiger partial charge is 0.264 e. The van der Waals surface area contributed by atoms with Gasteiger partial charge in [-0.2, -0.15) is 0 Å². The van der Waals surface area contributed by atoms with E-state index < -0.39 is 10.0 Å². The van der Waals surface area contributed by atoms with Crippen molar-refractivity contribution >= 4 is 21.3 Å². The molecule has 0 N–H and O–H groups in total. The van der Waals surface area contributed by atoms with Crippen LogP contribution in [0.15, 0.2) is 101 Å². The molecular weight excluding hydrogens is 390 g/mol. The third-order valence-electron chi connectivity index (χ3n) is 5.91. The minimum Gasteiger partial charge on any atom is -0.261 e. The number of hydrogen-bond acceptors (Lipinski definition) is 2. The van der Waals surface area contributed by atoms with Gasteiger partial charge in [-0.25, -0.2) is 8.42 Å². The summed E-state index contributed by atoms with van der Waals surface area (Å²) in [6, 6.07) is 25.2. The molecule has 0 unspecified atom stereocenters. The fraction of sp³-hybridized carbons (Fsp3) is 0.154. The van der Waals surface area contributed by atoms with Gasteiger partial charge in [0.2, 0.25) is 0 Å². The van der Waals surface area contributed by atoms with E-state index in [0.717, 1.165) is 46.4 Å². The lowest BCUT2D eigenvalue weighted by atomic mass is 9.81. The minimum absolute atomic E-state index is 0.327. The monoisotopic (exact) mass is 413 g/mol. The number of rotatable bonds is 4. The van der Waals surface area contributed by atoms with Crippen molar-refractivity contribution in [2.24, 2.45) is 0 Å². The van der Waals surface area contributed by atoms with Gasteiger partial charge in [0, 0.05) is 5.56 Å². The Morgan fingerprint density at radius 2 is 1.50 bits per heavy atom. The molecule has 4 heteroatoms. The first-order chi connectivity index (χ1) is 14.6. The van der Waals surface area contributed by atoms with Crippen LogP contribution in [-0.2, 0) is 10.0 Å². The van der Waals surface area contributed by atoms with Crippen LogP contribution in [0.25, 0.3) is 5.57 Å². The quantitative estimate of drug-likeness (QED) is 0.548. The van der Waals surface area contributed by atoms with E-state index in [9.17, 15) is 8.42 Å². The van der Waals surface area contributed by atoms with Gasteiger partial charge in [0.05, 0.1) is 17.1 Å². The van der Waals surface area contributed by atoms with Crippen molar-refractivity contribution in [1.29, 1.82) is 0 Å². The highest BCUT2D eigenvalue weighted by Crippen LogP contribution is 2.45. The highest BCUT2D eigenvalue weighted by Gasteiger charge is 2.34. The number of sulfonamides is 1. The molecule has 0 aromatic heterocycles. The molecule has 3 nitrogen and oxygen atoms in total. The Morgan fingerprint density at radius 3 is 2.17 bits per heavy atom. The second-order valence-electron chi connectivity index (χ2n) is 7.83. The number of nitrogens with zero attached hydrogens (tertiary/aromatic N) is 1. The third-order valence-corrected chi connectivity index (χ3v) is 7.68. The lowest BCUT2D eigenvalue weighted by molar-refractivity contribution is 0.592. The molecule has 0 bridgehead atoms. The van der Waals surface area contributed by atoms with Crippen molar-refractivity contribution in [3.05, 3.63) is 113 Å². The predicted octanol–water partition coefficient (Wildman–Crippen LogP) is 5.73. The third kappa shape index (κ3) is 3.08. The first kappa shape index (κ1) is 18.9. The number of benzene rings is 3. The predicted molar refractivity (Wildman–Crippen MR) is 122 cm³/mol. The summed E-state index contributed by atoms with van der Waals surface area (Å²) in [6.07, 6.45) is 4.27. The maximum Gasteiger partial charge on any atom is 0.264 e. The van der Waals surface area contributed by atoms with Crippen LogP contribution in [0.1, 0.15) is 29.5 Å². The molecule has 0 amide bonds. The Hall–Kier alpha value is -3.11. The van der Waals surface area contributed by atoms with Gasteiger partial charge < -0.3 is 0 Å². The lowest BCUT2D eigenvalue weighted by Gasteiger charge is -2.36. The second kappa shape index (κ2) is 7.29. The Bertz CT molecular complexity index is 1270. The van der Waals surface area contributed by atoms with Crippen LogP contribution in [-0.4, -0.2) is 15.0 Å². The summed E-state index contributed by atoms with van der Waals surface area (Å²) in [5.41, 5.74) is 7.38. The summed E-state index contributed by atoms with van der Waals surface area (Å²) in [5.74, 6) is 0. The van der Waals surface area contributed by atoms with Gasteiger partial charge in [0.25, 0.3) is 10.0 Å². The highest BCUT2D eigenvalue weighted by atomic mass is 32.2. The minimum atomic E-state index is -3.68. The first-order valence-corrected chi connectivity index (χ1v) is 11.7. The summed E-state index contributed by atoms with van der Waals surface area (Å²) in [4.78, 5) is 0.327. The van der Waals surface area contributed by atoms with Crippen LogP contribution in [0.4, 0.5) is 5.69 Å². The van der Waals surface area contributed by atoms with Crippen molar-refractivity contribution in [3.63, 3.8) is 0 Å². The Morgan fingerprint density at radius 1 is 0.833 bits per heavy atom. The fourth-order valence-electron chi connectivity index (χ4n) is 4.18. The van der Waals surface area contributed by atoms with E-state index in [1.54, 1.807) is 16.4 Å². The van der Waals surface area contributed by atoms with Crippen molar-refractivity contribution in [2.45, 2.75) is 24.7 Å². The van der Waals surface area contributed by atoms with Gasteiger partial charge in [-0.1, -0.05) is 72.3 Å². The second-order valence-corrected chi connectivity index (χ2v) is 9.69. The molecule has 0 fully saturated rings. The fourth-order valence-corrected chi connectivity index (χ4v) is 5.64. The average molecular weight is 414 g/mol. The number of anilines is 1. The van der Waals surface area contributed by atoms with Crippen LogP contribution in [0.3, 0.4) is 0 Å². The number of allylic oxidation sites excluding steroid dienone is 1. The molecule has 3 aromatic rings. The molecular formula is C26H23NO2S. The molecule has 30 heavy (non-hydrogen) atoms. The summed E-state index contributed by atoms with van der Waals surface area (Å²) < 4.78 is 28.9. The molecule has 0 saturated carbocycles. The standard InChI is InChI=1S/C26H23NO2S/c1-19-14-16-22(17-15-19)30(28,29)27-18-24(20-10-7-11-20)26(21-8-3-2-4-9-21)23-12-5-6-13-25(23)27/h2-6,8-10,12-17H,7,11,18H2,1H3. The number of para-hydroxylation sites is 1. The van der Waals surface area contributed by atoms with Gasteiger partial charge in [-0.05, 0) is 60.2 Å². The lowest BCUT2D eigenvalue weighted by Crippen LogP contribution is -2.37. The van der Waals surface area contributed by atoms with Crippen LogP contribution >= 0.6 is 0 Å². The molecule has 3 aromatic carbocycles. The Balaban J connectivity index is 1.72. The Labute approximate surface area is 178 Å². The van der Waals surface area contributed by atoms with E-state index in [1.165, 1.54) is 5.57 Å². The van der Waals surface area contributed by atoms with E-state index in [0.29, 0.717) is 11.4 Å². The summed E-state index contributed by atoms with van der Waals surface area (Å²) >= 11 is 0. The van der Waals surface area contributed by atoms with Crippen LogP contribution in [0.5, 0.6) is 0 Å². The van der Waals surface area contributed by atoms with Crippen LogP contribution in [0.2, 0.25) is 0 Å². The maximum atomic E-state index is 13.7. The van der Waals surface area contributed by atoms with E-state index in [4.69, 9.17) is 0 Å². The average Bonchev–Trinajstić information content (AvgIpc) is 2.73. The van der Waals surface area contributed by atoms with Gasteiger partial charge in [0.15, 0.2) is 0 Å². The van der Waals surface area contributed by atoms with E-state index >= 15 is 0 Å². The van der Waals surface area contributed by atoms with Gasteiger partial charge in [0.1, 0.15) is 0 Å². The van der Waals surface area contributed by atoms with Gasteiger partial charge in [-0.3, -0.25) is 4.31 Å². The van der Waals surface area contributed by atoms with Crippen LogP contribution < -0.4 is 4.31 Å². The summed E-state index contributed by atoms with van der Waals surface area (Å²) in [7, 11) is -3.68. The Kier molecular flexibility index (Phi) is 4.59. The topological polar surface area (TPSA) is 37.4 Å². The van der Waals surface area contributed by atoms with Crippen molar-refractivity contribution in [3.8, 4) is 0 Å². The van der Waals surface area contributed by atoms with Crippen molar-refractivity contribution in [2.75, 3.05) is 10.8 Å². The molecule has 1 heterocycles. The van der Waals surface area contributed by atoms with E-state index in [-0.39, 0.29) is 0 Å². The summed E-state index contributed by atoms with van der Waals surface area (Å²) in [5, 5.41) is 0. The van der Waals surface area contributed by atoms with Gasteiger partial charge in [-0.15, -0.1) is 0 Å². The smallest absolute Gasteiger partial charge is 0.261 e. The molecule has 150 valence electrons. The molecule has 0 spiro atoms. The van der Waals surface area contributed by atoms with Crippen molar-refractivity contribution < 1.29 is 8.42 Å². The molecule has 0 radical (unpaired) electrons. The number of aryl methyl sites for hydroxylation is 1. The molecule has 0 saturated heterocycles. The molecule has 5 rings (SSSR count). The van der Waals surface area contributed by atoms with Gasteiger partial charge >= 0.3 is 0 Å². The molecule has 0 atom stereocenters. The van der Waals surface area contributed by atoms with E-state index in [1.807, 2.05) is 61.5 Å². The summed E-state index contributed by atoms with van der Waals surface area (Å²) in [6.45, 7) is 2.31. The zero-order valence-electron chi connectivity index (χ0n) is 16.9. The normalized spacial score (nSPS) is 16.0. The number of fused-ring (bicyclic) bond motifs is 1. The van der Waals surface area contributed by atoms with Crippen LogP contribution in [0, 0.1) is 6.92 Å². The SMILES string of the molecule is Cc1ccc(S(=O)(=O)N2CC(C3=CCC3)=C(c3ccccc3)c3ccccc32)cc1.